The molecule has 0 radical (unpaired) electrons. The normalized spacial score (nSPS) is 11.1. The number of carboxylic acid groups (broad SMARTS) is 1. The third kappa shape index (κ3) is 6.32. The molecule has 0 spiro atoms. The summed E-state index contributed by atoms with van der Waals surface area (Å²) < 4.78 is 0. The van der Waals surface area contributed by atoms with E-state index in [9.17, 15) is 14.4 Å². The van der Waals surface area contributed by atoms with Crippen LogP contribution in [0.15, 0.2) is 0 Å². The van der Waals surface area contributed by atoms with Crippen molar-refractivity contribution in [1.82, 2.24) is 10.2 Å². The summed E-state index contributed by atoms with van der Waals surface area (Å²) >= 11 is 0. The molecule has 100 valence electrons. The van der Waals surface area contributed by atoms with E-state index in [1.807, 2.05) is 6.07 Å². The number of nitriles is 1. The molecule has 3 amide bonds. The Labute approximate surface area is 104 Å². The van der Waals surface area contributed by atoms with Crippen molar-refractivity contribution >= 4 is 17.9 Å². The number of hydrogen-bond donors (Lipinski definition) is 3. The van der Waals surface area contributed by atoms with Crippen molar-refractivity contribution in [2.45, 2.75) is 25.3 Å². The molecule has 0 aromatic rings. The summed E-state index contributed by atoms with van der Waals surface area (Å²) in [5, 5.41) is 19.5. The number of carbonyl (C=O) groups is 3. The lowest BCUT2D eigenvalue weighted by atomic mass is 10.1. The maximum absolute atomic E-state index is 11.5. The highest BCUT2D eigenvalue weighted by atomic mass is 16.4. The first kappa shape index (κ1) is 15.7. The van der Waals surface area contributed by atoms with Gasteiger partial charge in [-0.1, -0.05) is 0 Å². The summed E-state index contributed by atoms with van der Waals surface area (Å²) in [5.41, 5.74) is 4.91. The summed E-state index contributed by atoms with van der Waals surface area (Å²) in [6, 6.07) is 0.0896. The molecule has 0 saturated carbocycles. The minimum Gasteiger partial charge on any atom is -0.480 e. The molecule has 0 bridgehead atoms. The van der Waals surface area contributed by atoms with Crippen molar-refractivity contribution in [3.8, 4) is 6.07 Å². The van der Waals surface area contributed by atoms with Crippen LogP contribution in [0.1, 0.15) is 19.3 Å². The van der Waals surface area contributed by atoms with E-state index in [-0.39, 0.29) is 25.8 Å². The number of nitrogens with two attached hydrogens (primary N) is 1. The van der Waals surface area contributed by atoms with Crippen LogP contribution in [0, 0.1) is 11.3 Å². The second-order valence-electron chi connectivity index (χ2n) is 3.67. The molecule has 1 atom stereocenters. The van der Waals surface area contributed by atoms with Gasteiger partial charge in [0, 0.05) is 20.0 Å². The van der Waals surface area contributed by atoms with E-state index in [1.165, 1.54) is 11.9 Å². The zero-order valence-electron chi connectivity index (χ0n) is 10.0. The van der Waals surface area contributed by atoms with E-state index < -0.39 is 23.9 Å². The lowest BCUT2D eigenvalue weighted by Crippen LogP contribution is -2.47. The molecular weight excluding hydrogens is 240 g/mol. The minimum absolute atomic E-state index is 0.0670. The number of aliphatic carboxylic acids is 1. The first-order valence-electron chi connectivity index (χ1n) is 5.28. The van der Waals surface area contributed by atoms with Crippen molar-refractivity contribution in [1.29, 1.82) is 5.26 Å². The Balaban J connectivity index is 4.31. The van der Waals surface area contributed by atoms with Gasteiger partial charge in [-0.3, -0.25) is 4.79 Å². The topological polar surface area (TPSA) is 137 Å². The zero-order chi connectivity index (χ0) is 14.1. The second kappa shape index (κ2) is 7.89. The standard InChI is InChI=1S/C10H16N4O4/c1-14(6-2-5-11)10(18)13-7(9(16)17)3-4-8(12)15/h7H,2-4,6H2,1H3,(H2,12,15)(H,13,18)(H,16,17)/t7-/m0/s1. The Bertz CT molecular complexity index is 363. The predicted octanol–water partition coefficient (Wildman–Crippen LogP) is -0.740. The van der Waals surface area contributed by atoms with E-state index >= 15 is 0 Å². The van der Waals surface area contributed by atoms with E-state index in [2.05, 4.69) is 5.32 Å². The zero-order valence-corrected chi connectivity index (χ0v) is 10.0. The molecule has 0 aromatic carbocycles. The summed E-state index contributed by atoms with van der Waals surface area (Å²) in [6.07, 6.45) is -0.0371. The van der Waals surface area contributed by atoms with E-state index in [0.717, 1.165) is 0 Å². The molecule has 0 aliphatic carbocycles. The van der Waals surface area contributed by atoms with Crippen LogP contribution in [0.25, 0.3) is 0 Å². The summed E-state index contributed by atoms with van der Waals surface area (Å²) in [6.45, 7) is 0.199. The van der Waals surface area contributed by atoms with E-state index in [0.29, 0.717) is 0 Å². The fourth-order valence-corrected chi connectivity index (χ4v) is 1.12. The van der Waals surface area contributed by atoms with Gasteiger partial charge in [0.2, 0.25) is 5.91 Å². The van der Waals surface area contributed by atoms with Gasteiger partial charge in [-0.15, -0.1) is 0 Å². The number of primary amides is 1. The summed E-state index contributed by atoms with van der Waals surface area (Å²) in [4.78, 5) is 34.1. The minimum atomic E-state index is -1.24. The number of hydrogen-bond acceptors (Lipinski definition) is 4. The molecule has 0 fully saturated rings. The molecule has 0 saturated heterocycles. The molecule has 18 heavy (non-hydrogen) atoms. The molecule has 8 nitrogen and oxygen atoms in total. The fourth-order valence-electron chi connectivity index (χ4n) is 1.12. The van der Waals surface area contributed by atoms with Gasteiger partial charge in [-0.05, 0) is 6.42 Å². The Morgan fingerprint density at radius 2 is 2.11 bits per heavy atom. The highest BCUT2D eigenvalue weighted by Crippen LogP contribution is 1.99. The maximum atomic E-state index is 11.5. The average molecular weight is 256 g/mol. The Kier molecular flexibility index (Phi) is 6.88. The Hall–Kier alpha value is -2.30. The quantitative estimate of drug-likeness (QED) is 0.551. The number of urea groups is 1. The number of carboxylic acids is 1. The number of carbonyl (C=O) groups excluding carboxylic acids is 2. The number of rotatable bonds is 7. The van der Waals surface area contributed by atoms with E-state index in [4.69, 9.17) is 16.1 Å². The van der Waals surface area contributed by atoms with Gasteiger partial charge in [-0.25, -0.2) is 9.59 Å². The smallest absolute Gasteiger partial charge is 0.326 e. The average Bonchev–Trinajstić information content (AvgIpc) is 2.30. The van der Waals surface area contributed by atoms with Gasteiger partial charge < -0.3 is 21.1 Å². The van der Waals surface area contributed by atoms with Gasteiger partial charge in [-0.2, -0.15) is 5.26 Å². The molecule has 0 heterocycles. The first-order valence-corrected chi connectivity index (χ1v) is 5.28. The molecule has 0 unspecified atom stereocenters. The molecule has 8 heteroatoms. The fraction of sp³-hybridized carbons (Fsp3) is 0.600. The van der Waals surface area contributed by atoms with Gasteiger partial charge in [0.15, 0.2) is 0 Å². The van der Waals surface area contributed by atoms with Crippen LogP contribution in [0.2, 0.25) is 0 Å². The van der Waals surface area contributed by atoms with E-state index in [1.54, 1.807) is 0 Å². The Morgan fingerprint density at radius 3 is 2.56 bits per heavy atom. The van der Waals surface area contributed by atoms with Crippen molar-refractivity contribution in [2.24, 2.45) is 5.73 Å². The van der Waals surface area contributed by atoms with Crippen LogP contribution >= 0.6 is 0 Å². The highest BCUT2D eigenvalue weighted by Gasteiger charge is 2.21. The molecule has 0 aromatic heterocycles. The monoisotopic (exact) mass is 256 g/mol. The lowest BCUT2D eigenvalue weighted by molar-refractivity contribution is -0.139. The molecule has 0 rings (SSSR count). The van der Waals surface area contributed by atoms with Crippen LogP contribution in [0.5, 0.6) is 0 Å². The molecular formula is C10H16N4O4. The summed E-state index contributed by atoms with van der Waals surface area (Å²) in [7, 11) is 1.44. The first-order chi connectivity index (χ1) is 8.38. The van der Waals surface area contributed by atoms with Crippen LogP contribution in [0.3, 0.4) is 0 Å². The van der Waals surface area contributed by atoms with Crippen molar-refractivity contribution in [3.63, 3.8) is 0 Å². The van der Waals surface area contributed by atoms with Gasteiger partial charge >= 0.3 is 12.0 Å². The van der Waals surface area contributed by atoms with Crippen molar-refractivity contribution < 1.29 is 19.5 Å². The van der Waals surface area contributed by atoms with Gasteiger partial charge in [0.1, 0.15) is 6.04 Å². The molecule has 4 N–H and O–H groups in total. The second-order valence-corrected chi connectivity index (χ2v) is 3.67. The molecule has 0 aliphatic rings. The number of amides is 3. The van der Waals surface area contributed by atoms with Gasteiger partial charge in [0.05, 0.1) is 12.5 Å². The van der Waals surface area contributed by atoms with Crippen LogP contribution in [0.4, 0.5) is 4.79 Å². The largest absolute Gasteiger partial charge is 0.480 e. The number of nitrogens with one attached hydrogen (secondary N) is 1. The van der Waals surface area contributed by atoms with Crippen molar-refractivity contribution in [2.75, 3.05) is 13.6 Å². The number of nitrogens with zero attached hydrogens (tertiary/aromatic N) is 2. The van der Waals surface area contributed by atoms with Crippen molar-refractivity contribution in [3.05, 3.63) is 0 Å². The maximum Gasteiger partial charge on any atom is 0.326 e. The summed E-state index contributed by atoms with van der Waals surface area (Å²) in [5.74, 6) is -1.87. The Morgan fingerprint density at radius 1 is 1.50 bits per heavy atom. The lowest BCUT2D eigenvalue weighted by Gasteiger charge is -2.20. The predicted molar refractivity (Wildman–Crippen MR) is 61.2 cm³/mol. The third-order valence-corrected chi connectivity index (χ3v) is 2.18. The SMILES string of the molecule is CN(CCC#N)C(=O)N[C@@H](CCC(N)=O)C(=O)O. The highest BCUT2D eigenvalue weighted by molar-refractivity contribution is 5.83. The van der Waals surface area contributed by atoms with Crippen LogP contribution < -0.4 is 11.1 Å². The van der Waals surface area contributed by atoms with Gasteiger partial charge in [0.25, 0.3) is 0 Å². The van der Waals surface area contributed by atoms with Crippen LogP contribution in [-0.2, 0) is 9.59 Å². The van der Waals surface area contributed by atoms with Crippen LogP contribution in [-0.4, -0.2) is 47.5 Å². The third-order valence-electron chi connectivity index (χ3n) is 2.18. The molecule has 0 aliphatic heterocycles.